The summed E-state index contributed by atoms with van der Waals surface area (Å²) in [6.45, 7) is 7.76. The van der Waals surface area contributed by atoms with Crippen LogP contribution in [0.4, 0.5) is 0 Å². The molecule has 0 aliphatic carbocycles. The third kappa shape index (κ3) is 3.67. The van der Waals surface area contributed by atoms with Crippen molar-refractivity contribution < 1.29 is 0 Å². The molecule has 0 fully saturated rings. The fraction of sp³-hybridized carbons (Fsp3) is 1.00. The van der Waals surface area contributed by atoms with Crippen LogP contribution in [0, 0.1) is 5.92 Å². The van der Waals surface area contributed by atoms with Crippen molar-refractivity contribution in [2.75, 3.05) is 20.6 Å². The van der Waals surface area contributed by atoms with Gasteiger partial charge < -0.3 is 14.9 Å². The van der Waals surface area contributed by atoms with Crippen LogP contribution >= 0.6 is 0 Å². The molecule has 3 N–H and O–H groups in total. The quantitative estimate of drug-likeness (QED) is 0.536. The van der Waals surface area contributed by atoms with Gasteiger partial charge in [-0.25, -0.2) is 0 Å². The zero-order chi connectivity index (χ0) is 9.61. The molecule has 74 valence electrons. The Labute approximate surface area is 77.6 Å². The summed E-state index contributed by atoms with van der Waals surface area (Å²) in [5.41, 5.74) is 0. The first-order chi connectivity index (χ1) is 5.60. The number of hydrogen-bond acceptors (Lipinski definition) is 3. The van der Waals surface area contributed by atoms with Crippen LogP contribution in [0.3, 0.4) is 0 Å². The van der Waals surface area contributed by atoms with E-state index in [1.807, 2.05) is 14.1 Å². The van der Waals surface area contributed by atoms with Gasteiger partial charge in [0.15, 0.2) is 0 Å². The fourth-order valence-corrected chi connectivity index (χ4v) is 3.48. The van der Waals surface area contributed by atoms with Crippen molar-refractivity contribution in [3.63, 3.8) is 0 Å². The van der Waals surface area contributed by atoms with Gasteiger partial charge in [-0.15, -0.1) is 0 Å². The summed E-state index contributed by atoms with van der Waals surface area (Å²) in [7, 11) is 2.52. The van der Waals surface area contributed by atoms with E-state index in [0.717, 1.165) is 12.6 Å². The van der Waals surface area contributed by atoms with Gasteiger partial charge in [-0.05, 0) is 32.6 Å². The minimum atomic E-state index is -1.53. The van der Waals surface area contributed by atoms with Gasteiger partial charge in [-0.1, -0.05) is 20.8 Å². The van der Waals surface area contributed by atoms with Crippen molar-refractivity contribution in [1.82, 2.24) is 14.9 Å². The summed E-state index contributed by atoms with van der Waals surface area (Å²) in [5, 5.41) is 0. The van der Waals surface area contributed by atoms with Crippen molar-refractivity contribution in [3.8, 4) is 0 Å². The predicted octanol–water partition coefficient (Wildman–Crippen LogP) is 0.630. The molecule has 0 unspecified atom stereocenters. The number of hydrogen-bond donors (Lipinski definition) is 3. The molecule has 0 aliphatic heterocycles. The first-order valence-corrected chi connectivity index (χ1v) is 6.93. The van der Waals surface area contributed by atoms with E-state index in [9.17, 15) is 0 Å². The Hall–Kier alpha value is 0.0969. The Balaban J connectivity index is 3.93. The third-order valence-electron chi connectivity index (χ3n) is 2.20. The zero-order valence-electron chi connectivity index (χ0n) is 8.99. The zero-order valence-corrected chi connectivity index (χ0v) is 9.99. The summed E-state index contributed by atoms with van der Waals surface area (Å²) >= 11 is 0. The SMILES string of the molecule is CC[Si](NC)(NC)NCC(C)C. The maximum atomic E-state index is 3.60. The molecular weight excluding hydrogens is 166 g/mol. The van der Waals surface area contributed by atoms with Gasteiger partial charge in [0, 0.05) is 0 Å². The minimum absolute atomic E-state index is 0.713. The van der Waals surface area contributed by atoms with Crippen LogP contribution in [0.15, 0.2) is 0 Å². The Morgan fingerprint density at radius 1 is 1.17 bits per heavy atom. The largest absolute Gasteiger partial charge is 0.316 e. The fourth-order valence-electron chi connectivity index (χ4n) is 1.16. The van der Waals surface area contributed by atoms with Gasteiger partial charge in [-0.3, -0.25) is 0 Å². The van der Waals surface area contributed by atoms with Crippen LogP contribution in [0.25, 0.3) is 0 Å². The highest BCUT2D eigenvalue weighted by Gasteiger charge is 2.27. The molecule has 0 aromatic heterocycles. The van der Waals surface area contributed by atoms with Gasteiger partial charge in [-0.2, -0.15) is 0 Å². The molecule has 0 radical (unpaired) electrons. The van der Waals surface area contributed by atoms with Gasteiger partial charge in [0.1, 0.15) is 0 Å². The van der Waals surface area contributed by atoms with E-state index in [2.05, 4.69) is 35.7 Å². The number of rotatable bonds is 6. The van der Waals surface area contributed by atoms with Crippen LogP contribution in [0.5, 0.6) is 0 Å². The van der Waals surface area contributed by atoms with Crippen molar-refractivity contribution in [2.24, 2.45) is 5.92 Å². The lowest BCUT2D eigenvalue weighted by Gasteiger charge is -2.30. The van der Waals surface area contributed by atoms with Gasteiger partial charge in [0.2, 0.25) is 0 Å². The average molecular weight is 189 g/mol. The summed E-state index contributed by atoms with van der Waals surface area (Å²) in [6.07, 6.45) is 0. The molecule has 0 heterocycles. The molecule has 0 aromatic carbocycles. The molecule has 0 bridgehead atoms. The first-order valence-electron chi connectivity index (χ1n) is 4.73. The van der Waals surface area contributed by atoms with Gasteiger partial charge >= 0.3 is 0 Å². The number of nitrogens with one attached hydrogen (secondary N) is 3. The minimum Gasteiger partial charge on any atom is -0.316 e. The van der Waals surface area contributed by atoms with E-state index in [0.29, 0.717) is 5.92 Å². The summed E-state index contributed by atoms with van der Waals surface area (Å²) in [6, 6.07) is 1.16. The van der Waals surface area contributed by atoms with Crippen LogP contribution in [0.1, 0.15) is 20.8 Å². The molecule has 0 saturated heterocycles. The molecule has 3 nitrogen and oxygen atoms in total. The maximum Gasteiger partial charge on any atom is 0.280 e. The van der Waals surface area contributed by atoms with Gasteiger partial charge in [0.25, 0.3) is 8.56 Å². The molecular formula is C8H23N3Si. The molecule has 0 aliphatic rings. The second kappa shape index (κ2) is 5.69. The van der Waals surface area contributed by atoms with E-state index < -0.39 is 8.56 Å². The van der Waals surface area contributed by atoms with Crippen molar-refractivity contribution in [1.29, 1.82) is 0 Å². The molecule has 0 rings (SSSR count). The highest BCUT2D eigenvalue weighted by atomic mass is 28.4. The average Bonchev–Trinajstić information content (AvgIpc) is 2.08. The monoisotopic (exact) mass is 189 g/mol. The van der Waals surface area contributed by atoms with Crippen LogP contribution in [-0.2, 0) is 0 Å². The summed E-state index contributed by atoms with van der Waals surface area (Å²) in [4.78, 5) is 10.4. The third-order valence-corrected chi connectivity index (χ3v) is 5.77. The van der Waals surface area contributed by atoms with Crippen molar-refractivity contribution >= 4 is 8.56 Å². The Kier molecular flexibility index (Phi) is 5.74. The molecule has 0 saturated carbocycles. The van der Waals surface area contributed by atoms with Crippen LogP contribution in [0.2, 0.25) is 6.04 Å². The van der Waals surface area contributed by atoms with Crippen LogP contribution in [-0.4, -0.2) is 29.2 Å². The summed E-state index contributed by atoms with van der Waals surface area (Å²) < 4.78 is 0. The predicted molar refractivity (Wildman–Crippen MR) is 57.2 cm³/mol. The Morgan fingerprint density at radius 2 is 1.67 bits per heavy atom. The van der Waals surface area contributed by atoms with Crippen LogP contribution < -0.4 is 14.9 Å². The lowest BCUT2D eigenvalue weighted by atomic mass is 10.2. The second-order valence-electron chi connectivity index (χ2n) is 3.53. The van der Waals surface area contributed by atoms with Crippen molar-refractivity contribution in [3.05, 3.63) is 0 Å². The topological polar surface area (TPSA) is 36.1 Å². The van der Waals surface area contributed by atoms with E-state index in [1.54, 1.807) is 0 Å². The summed E-state index contributed by atoms with van der Waals surface area (Å²) in [5.74, 6) is 0.713. The molecule has 12 heavy (non-hydrogen) atoms. The molecule has 0 aromatic rings. The van der Waals surface area contributed by atoms with E-state index in [4.69, 9.17) is 0 Å². The molecule has 4 heteroatoms. The lowest BCUT2D eigenvalue weighted by molar-refractivity contribution is 0.610. The Morgan fingerprint density at radius 3 is 1.92 bits per heavy atom. The lowest BCUT2D eigenvalue weighted by Crippen LogP contribution is -2.70. The maximum absolute atomic E-state index is 3.60. The highest BCUT2D eigenvalue weighted by molar-refractivity contribution is 6.72. The molecule has 0 amide bonds. The smallest absolute Gasteiger partial charge is 0.280 e. The van der Waals surface area contributed by atoms with E-state index in [1.165, 1.54) is 0 Å². The standard InChI is InChI=1S/C8H23N3Si/c1-6-12(9-4,10-5)11-7-8(2)3/h8-11H,6-7H2,1-5H3. The normalized spacial score (nSPS) is 12.5. The van der Waals surface area contributed by atoms with E-state index >= 15 is 0 Å². The van der Waals surface area contributed by atoms with E-state index in [-0.39, 0.29) is 0 Å². The van der Waals surface area contributed by atoms with Crippen molar-refractivity contribution in [2.45, 2.75) is 26.8 Å². The Bertz CT molecular complexity index is 105. The van der Waals surface area contributed by atoms with Gasteiger partial charge in [0.05, 0.1) is 0 Å². The first kappa shape index (κ1) is 12.1. The molecule has 0 atom stereocenters. The highest BCUT2D eigenvalue weighted by Crippen LogP contribution is 1.97. The second-order valence-corrected chi connectivity index (χ2v) is 7.40. The molecule has 0 spiro atoms.